The Morgan fingerprint density at radius 3 is 2.71 bits per heavy atom. The molecule has 0 aromatic heterocycles. The van der Waals surface area contributed by atoms with Crippen molar-refractivity contribution in [2.24, 2.45) is 0 Å². The summed E-state index contributed by atoms with van der Waals surface area (Å²) in [6.07, 6.45) is 0.553. The van der Waals surface area contributed by atoms with E-state index in [0.717, 1.165) is 31.8 Å². The Morgan fingerprint density at radius 2 is 2.21 bits per heavy atom. The summed E-state index contributed by atoms with van der Waals surface area (Å²) in [4.78, 5) is 2.22. The highest BCUT2D eigenvalue weighted by molar-refractivity contribution is 7.86. The molecule has 4 heteroatoms. The van der Waals surface area contributed by atoms with Gasteiger partial charge < -0.3 is 5.11 Å². The van der Waals surface area contributed by atoms with Gasteiger partial charge in [0.25, 0.3) is 0 Å². The van der Waals surface area contributed by atoms with Gasteiger partial charge in [-0.15, -0.1) is 0 Å². The second-order valence-electron chi connectivity index (χ2n) is 4.61. The van der Waals surface area contributed by atoms with Crippen molar-refractivity contribution in [2.75, 3.05) is 25.4 Å². The fourth-order valence-corrected chi connectivity index (χ4v) is 3.06. The lowest BCUT2D eigenvalue weighted by Crippen LogP contribution is -2.51. The Hall–Kier alpha value is 0.0700. The van der Waals surface area contributed by atoms with Crippen LogP contribution in [0.2, 0.25) is 0 Å². The number of aliphatic hydroxyl groups is 1. The topological polar surface area (TPSA) is 40.5 Å². The largest absolute Gasteiger partial charge is 0.392 e. The first kappa shape index (κ1) is 12.1. The van der Waals surface area contributed by atoms with Gasteiger partial charge in [0.1, 0.15) is 0 Å². The average molecular weight is 219 g/mol. The molecule has 1 aliphatic heterocycles. The molecule has 0 aromatic carbocycles. The SMILES string of the molecule is CC[C@@H](O)CN1CCS(=O)C(C)(C)C1. The summed E-state index contributed by atoms with van der Waals surface area (Å²) in [6.45, 7) is 8.46. The van der Waals surface area contributed by atoms with Crippen LogP contribution >= 0.6 is 0 Å². The Kier molecular flexibility index (Phi) is 4.10. The molecule has 1 saturated heterocycles. The highest BCUT2D eigenvalue weighted by atomic mass is 32.2. The monoisotopic (exact) mass is 219 g/mol. The van der Waals surface area contributed by atoms with Gasteiger partial charge in [0.2, 0.25) is 0 Å². The van der Waals surface area contributed by atoms with Crippen molar-refractivity contribution in [3.63, 3.8) is 0 Å². The van der Waals surface area contributed by atoms with Gasteiger partial charge in [-0.2, -0.15) is 0 Å². The van der Waals surface area contributed by atoms with Crippen molar-refractivity contribution in [2.45, 2.75) is 38.0 Å². The fraction of sp³-hybridized carbons (Fsp3) is 1.00. The highest BCUT2D eigenvalue weighted by Crippen LogP contribution is 2.20. The predicted octanol–water partition coefficient (Wildman–Crippen LogP) is 0.600. The van der Waals surface area contributed by atoms with Gasteiger partial charge in [-0.25, -0.2) is 0 Å². The van der Waals surface area contributed by atoms with Crippen LogP contribution in [0, 0.1) is 0 Å². The third-order valence-electron chi connectivity index (χ3n) is 2.75. The van der Waals surface area contributed by atoms with Crippen LogP contribution in [-0.4, -0.2) is 50.5 Å². The van der Waals surface area contributed by atoms with Gasteiger partial charge in [0.15, 0.2) is 0 Å². The van der Waals surface area contributed by atoms with Crippen molar-refractivity contribution >= 4 is 10.8 Å². The van der Waals surface area contributed by atoms with Crippen LogP contribution in [0.15, 0.2) is 0 Å². The second-order valence-corrected chi connectivity index (χ2v) is 6.81. The minimum atomic E-state index is -0.711. The van der Waals surface area contributed by atoms with E-state index in [1.807, 2.05) is 20.8 Å². The van der Waals surface area contributed by atoms with Crippen LogP contribution in [0.4, 0.5) is 0 Å². The summed E-state index contributed by atoms with van der Waals surface area (Å²) < 4.78 is 11.5. The second kappa shape index (κ2) is 4.73. The maximum absolute atomic E-state index is 11.6. The molecule has 0 saturated carbocycles. The Balaban J connectivity index is 2.47. The maximum Gasteiger partial charge on any atom is 0.0664 e. The minimum Gasteiger partial charge on any atom is -0.392 e. The van der Waals surface area contributed by atoms with Gasteiger partial charge in [-0.1, -0.05) is 6.92 Å². The number of β-amino-alcohol motifs (C(OH)–C–C–N with tert-alkyl or cyclic N) is 1. The van der Waals surface area contributed by atoms with Crippen LogP contribution < -0.4 is 0 Å². The van der Waals surface area contributed by atoms with E-state index in [1.165, 1.54) is 0 Å². The lowest BCUT2D eigenvalue weighted by Gasteiger charge is -2.37. The molecule has 84 valence electrons. The number of aliphatic hydroxyl groups excluding tert-OH is 1. The van der Waals surface area contributed by atoms with Crippen LogP contribution in [0.3, 0.4) is 0 Å². The lowest BCUT2D eigenvalue weighted by molar-refractivity contribution is 0.106. The summed E-state index contributed by atoms with van der Waals surface area (Å²) in [5.41, 5.74) is 0. The highest BCUT2D eigenvalue weighted by Gasteiger charge is 2.33. The molecule has 2 atom stereocenters. The molecule has 1 rings (SSSR count). The van der Waals surface area contributed by atoms with Gasteiger partial charge in [-0.3, -0.25) is 9.11 Å². The van der Waals surface area contributed by atoms with Crippen molar-refractivity contribution in [3.05, 3.63) is 0 Å². The molecular weight excluding hydrogens is 198 g/mol. The van der Waals surface area contributed by atoms with E-state index in [9.17, 15) is 9.32 Å². The van der Waals surface area contributed by atoms with Crippen molar-refractivity contribution < 1.29 is 9.32 Å². The summed E-state index contributed by atoms with van der Waals surface area (Å²) >= 11 is 0. The molecule has 0 amide bonds. The van der Waals surface area contributed by atoms with Gasteiger partial charge >= 0.3 is 0 Å². The van der Waals surface area contributed by atoms with Gasteiger partial charge in [-0.05, 0) is 20.3 Å². The predicted molar refractivity (Wildman–Crippen MR) is 59.8 cm³/mol. The Labute approximate surface area is 88.9 Å². The lowest BCUT2D eigenvalue weighted by atomic mass is 10.1. The van der Waals surface area contributed by atoms with Crippen molar-refractivity contribution in [1.82, 2.24) is 4.90 Å². The van der Waals surface area contributed by atoms with Crippen LogP contribution in [-0.2, 0) is 10.8 Å². The molecule has 1 aliphatic rings. The van der Waals surface area contributed by atoms with E-state index < -0.39 is 10.8 Å². The smallest absolute Gasteiger partial charge is 0.0664 e. The third kappa shape index (κ3) is 3.04. The minimum absolute atomic E-state index is 0.119. The van der Waals surface area contributed by atoms with E-state index in [4.69, 9.17) is 0 Å². The molecule has 1 fully saturated rings. The summed E-state index contributed by atoms with van der Waals surface area (Å²) in [5.74, 6) is 0.740. The molecular formula is C10H21NO2S. The molecule has 0 aliphatic carbocycles. The van der Waals surface area contributed by atoms with E-state index >= 15 is 0 Å². The maximum atomic E-state index is 11.6. The first-order valence-electron chi connectivity index (χ1n) is 5.24. The molecule has 3 nitrogen and oxygen atoms in total. The molecule has 14 heavy (non-hydrogen) atoms. The molecule has 0 aromatic rings. The van der Waals surface area contributed by atoms with E-state index in [0.29, 0.717) is 0 Å². The molecule has 0 spiro atoms. The number of nitrogens with zero attached hydrogens (tertiary/aromatic N) is 1. The van der Waals surface area contributed by atoms with Crippen molar-refractivity contribution in [3.8, 4) is 0 Å². The normalized spacial score (nSPS) is 30.1. The Bertz CT molecular complexity index is 218. The van der Waals surface area contributed by atoms with E-state index in [-0.39, 0.29) is 10.9 Å². The number of rotatable bonds is 3. The van der Waals surface area contributed by atoms with Gasteiger partial charge in [0.05, 0.1) is 10.9 Å². The average Bonchev–Trinajstić information content (AvgIpc) is 2.11. The molecule has 0 bridgehead atoms. The third-order valence-corrected chi connectivity index (χ3v) is 4.67. The number of hydrogen-bond donors (Lipinski definition) is 1. The quantitative estimate of drug-likeness (QED) is 0.755. The zero-order chi connectivity index (χ0) is 10.8. The summed E-state index contributed by atoms with van der Waals surface area (Å²) in [5, 5.41) is 9.53. The Morgan fingerprint density at radius 1 is 1.57 bits per heavy atom. The molecule has 1 N–H and O–H groups in total. The fourth-order valence-electron chi connectivity index (χ4n) is 1.76. The zero-order valence-corrected chi connectivity index (χ0v) is 10.1. The summed E-state index contributed by atoms with van der Waals surface area (Å²) in [7, 11) is -0.711. The molecule has 1 heterocycles. The summed E-state index contributed by atoms with van der Waals surface area (Å²) in [6, 6.07) is 0. The molecule has 0 radical (unpaired) electrons. The standard InChI is InChI=1S/C10H21NO2S/c1-4-9(12)7-11-5-6-14(13)10(2,3)8-11/h9,12H,4-8H2,1-3H3/t9-,14?/m1/s1. The number of hydrogen-bond acceptors (Lipinski definition) is 3. The zero-order valence-electron chi connectivity index (χ0n) is 9.32. The van der Waals surface area contributed by atoms with E-state index in [1.54, 1.807) is 0 Å². The van der Waals surface area contributed by atoms with Gasteiger partial charge in [0, 0.05) is 36.2 Å². The van der Waals surface area contributed by atoms with Crippen LogP contribution in [0.5, 0.6) is 0 Å². The first-order chi connectivity index (χ1) is 6.45. The van der Waals surface area contributed by atoms with Crippen LogP contribution in [0.1, 0.15) is 27.2 Å². The van der Waals surface area contributed by atoms with Crippen LogP contribution in [0.25, 0.3) is 0 Å². The first-order valence-corrected chi connectivity index (χ1v) is 6.56. The van der Waals surface area contributed by atoms with Crippen molar-refractivity contribution in [1.29, 1.82) is 0 Å². The molecule has 1 unspecified atom stereocenters. The van der Waals surface area contributed by atoms with E-state index in [2.05, 4.69) is 4.90 Å².